The number of hydrogen-bond acceptors (Lipinski definition) is 4. The van der Waals surface area contributed by atoms with E-state index in [0.29, 0.717) is 10.8 Å². The van der Waals surface area contributed by atoms with Crippen LogP contribution in [0.25, 0.3) is 0 Å². The summed E-state index contributed by atoms with van der Waals surface area (Å²) in [6, 6.07) is 18.2. The Morgan fingerprint density at radius 3 is 1.15 bits per heavy atom. The van der Waals surface area contributed by atoms with E-state index in [-0.39, 0.29) is 0 Å². The minimum absolute atomic E-state index is 0.522. The summed E-state index contributed by atoms with van der Waals surface area (Å²) in [6.07, 6.45) is 8.64. The average Bonchev–Trinajstić information content (AvgIpc) is 3.40. The zero-order valence-electron chi connectivity index (χ0n) is 14.6. The summed E-state index contributed by atoms with van der Waals surface area (Å²) < 4.78 is 1.43. The molecule has 2 aliphatic carbocycles. The molecule has 4 heteroatoms. The molecule has 4 aliphatic rings. The standard InChI is InChI=1S/C22H22S4/c1-2-8-16-15(7-1)23-19(24-16)21-11-5-13-22(21,14-6-12-21)20-25-17-9-3-4-10-18(17)26-20/h1-4,7-10,19-20H,5-6,11-14H2. The number of benzene rings is 2. The first-order valence-corrected chi connectivity index (χ1v) is 13.2. The highest BCUT2D eigenvalue weighted by Crippen LogP contribution is 2.76. The number of hydrogen-bond donors (Lipinski definition) is 0. The minimum atomic E-state index is 0.522. The molecule has 0 bridgehead atoms. The minimum Gasteiger partial charge on any atom is -0.110 e. The van der Waals surface area contributed by atoms with Gasteiger partial charge in [0.25, 0.3) is 0 Å². The van der Waals surface area contributed by atoms with Crippen LogP contribution in [0.2, 0.25) is 0 Å². The van der Waals surface area contributed by atoms with Crippen LogP contribution < -0.4 is 0 Å². The predicted octanol–water partition coefficient (Wildman–Crippen LogP) is 7.78. The van der Waals surface area contributed by atoms with Crippen molar-refractivity contribution < 1.29 is 0 Å². The van der Waals surface area contributed by atoms with Gasteiger partial charge in [-0.15, -0.1) is 47.0 Å². The number of fused-ring (bicyclic) bond motifs is 3. The molecule has 0 saturated heterocycles. The molecule has 0 nitrogen and oxygen atoms in total. The fourth-order valence-electron chi connectivity index (χ4n) is 5.88. The molecule has 0 amide bonds. The van der Waals surface area contributed by atoms with Crippen LogP contribution in [-0.2, 0) is 0 Å². The highest BCUT2D eigenvalue weighted by molar-refractivity contribution is 8.20. The van der Waals surface area contributed by atoms with Crippen LogP contribution in [0.1, 0.15) is 38.5 Å². The molecule has 2 aliphatic heterocycles. The van der Waals surface area contributed by atoms with E-state index in [2.05, 4.69) is 95.6 Å². The van der Waals surface area contributed by atoms with Crippen molar-refractivity contribution in [2.75, 3.05) is 0 Å². The molecular formula is C22H22S4. The van der Waals surface area contributed by atoms with Crippen molar-refractivity contribution in [3.8, 4) is 0 Å². The van der Waals surface area contributed by atoms with Gasteiger partial charge in [0.05, 0.1) is 9.16 Å². The molecule has 0 unspecified atom stereocenters. The van der Waals surface area contributed by atoms with Crippen molar-refractivity contribution in [3.05, 3.63) is 48.5 Å². The largest absolute Gasteiger partial charge is 0.110 e. The topological polar surface area (TPSA) is 0 Å². The lowest BCUT2D eigenvalue weighted by atomic mass is 9.70. The van der Waals surface area contributed by atoms with Crippen LogP contribution in [0.3, 0.4) is 0 Å². The van der Waals surface area contributed by atoms with Crippen molar-refractivity contribution in [3.63, 3.8) is 0 Å². The molecule has 2 aromatic rings. The Kier molecular flexibility index (Phi) is 3.98. The Morgan fingerprint density at radius 1 is 0.538 bits per heavy atom. The van der Waals surface area contributed by atoms with Crippen LogP contribution in [0.15, 0.2) is 68.1 Å². The van der Waals surface area contributed by atoms with E-state index in [0.717, 1.165) is 9.16 Å². The Hall–Kier alpha value is -0.160. The maximum Gasteiger partial charge on any atom is 0.0659 e. The molecule has 6 rings (SSSR count). The Balaban J connectivity index is 1.37. The van der Waals surface area contributed by atoms with Gasteiger partial charge in [-0.05, 0) is 60.8 Å². The van der Waals surface area contributed by atoms with Gasteiger partial charge in [-0.1, -0.05) is 37.1 Å². The highest BCUT2D eigenvalue weighted by Gasteiger charge is 2.66. The molecule has 0 aromatic heterocycles. The molecule has 2 heterocycles. The van der Waals surface area contributed by atoms with E-state index < -0.39 is 0 Å². The van der Waals surface area contributed by atoms with Gasteiger partial charge in [0, 0.05) is 19.6 Å². The summed E-state index contributed by atoms with van der Waals surface area (Å²) in [6.45, 7) is 0. The fourth-order valence-corrected chi connectivity index (χ4v) is 13.2. The van der Waals surface area contributed by atoms with Gasteiger partial charge >= 0.3 is 0 Å². The van der Waals surface area contributed by atoms with Crippen molar-refractivity contribution in [2.45, 2.75) is 67.3 Å². The number of thioether (sulfide) groups is 4. The summed E-state index contributed by atoms with van der Waals surface area (Å²) in [5.74, 6) is 0. The quantitative estimate of drug-likeness (QED) is 0.492. The molecule has 2 fully saturated rings. The van der Waals surface area contributed by atoms with Crippen LogP contribution in [0.5, 0.6) is 0 Å². The molecule has 0 atom stereocenters. The first-order chi connectivity index (χ1) is 12.8. The zero-order valence-corrected chi connectivity index (χ0v) is 17.9. The second-order valence-electron chi connectivity index (χ2n) is 8.05. The summed E-state index contributed by atoms with van der Waals surface area (Å²) in [4.78, 5) is 6.11. The van der Waals surface area contributed by atoms with Crippen molar-refractivity contribution >= 4 is 47.0 Å². The Labute approximate surface area is 173 Å². The fraction of sp³-hybridized carbons (Fsp3) is 0.455. The van der Waals surface area contributed by atoms with Crippen LogP contribution in [-0.4, -0.2) is 9.16 Å². The Morgan fingerprint density at radius 2 is 0.846 bits per heavy atom. The van der Waals surface area contributed by atoms with Crippen LogP contribution >= 0.6 is 47.0 Å². The third-order valence-corrected chi connectivity index (χ3v) is 13.5. The Bertz CT molecular complexity index is 731. The van der Waals surface area contributed by atoms with E-state index in [1.54, 1.807) is 0 Å². The molecule has 134 valence electrons. The SMILES string of the molecule is c1ccc2c(c1)SC(C13CCCC1(C1Sc4ccccc4S1)CCC3)S2. The summed E-state index contributed by atoms with van der Waals surface area (Å²) >= 11 is 8.75. The molecule has 2 saturated carbocycles. The van der Waals surface area contributed by atoms with Crippen molar-refractivity contribution in [2.24, 2.45) is 10.8 Å². The lowest BCUT2D eigenvalue weighted by molar-refractivity contribution is 0.150. The van der Waals surface area contributed by atoms with Gasteiger partial charge in [0.1, 0.15) is 0 Å². The zero-order chi connectivity index (χ0) is 17.2. The van der Waals surface area contributed by atoms with Crippen LogP contribution in [0.4, 0.5) is 0 Å². The van der Waals surface area contributed by atoms with E-state index in [4.69, 9.17) is 0 Å². The lowest BCUT2D eigenvalue weighted by Gasteiger charge is -2.47. The van der Waals surface area contributed by atoms with E-state index in [1.807, 2.05) is 0 Å². The maximum absolute atomic E-state index is 2.34. The molecule has 26 heavy (non-hydrogen) atoms. The monoisotopic (exact) mass is 414 g/mol. The third kappa shape index (κ3) is 2.22. The average molecular weight is 415 g/mol. The van der Waals surface area contributed by atoms with Gasteiger partial charge in [-0.3, -0.25) is 0 Å². The summed E-state index contributed by atoms with van der Waals surface area (Å²) in [5, 5.41) is 0. The summed E-state index contributed by atoms with van der Waals surface area (Å²) in [5.41, 5.74) is 1.04. The number of rotatable bonds is 2. The van der Waals surface area contributed by atoms with Gasteiger partial charge in [0.2, 0.25) is 0 Å². The second-order valence-corrected chi connectivity index (χ2v) is 13.2. The smallest absolute Gasteiger partial charge is 0.0659 e. The molecule has 0 spiro atoms. The van der Waals surface area contributed by atoms with Gasteiger partial charge in [-0.2, -0.15) is 0 Å². The van der Waals surface area contributed by atoms with E-state index in [9.17, 15) is 0 Å². The first-order valence-electron chi connectivity index (χ1n) is 9.66. The van der Waals surface area contributed by atoms with Crippen molar-refractivity contribution in [1.82, 2.24) is 0 Å². The predicted molar refractivity (Wildman–Crippen MR) is 116 cm³/mol. The molecule has 0 N–H and O–H groups in total. The normalized spacial score (nSPS) is 33.4. The third-order valence-electron chi connectivity index (χ3n) is 7.02. The lowest BCUT2D eigenvalue weighted by Crippen LogP contribution is -2.44. The van der Waals surface area contributed by atoms with Crippen molar-refractivity contribution in [1.29, 1.82) is 0 Å². The first kappa shape index (κ1) is 16.8. The highest BCUT2D eigenvalue weighted by atomic mass is 32.2. The van der Waals surface area contributed by atoms with Gasteiger partial charge < -0.3 is 0 Å². The van der Waals surface area contributed by atoms with E-state index in [1.165, 1.54) is 58.1 Å². The molecular weight excluding hydrogens is 393 g/mol. The maximum atomic E-state index is 2.34. The van der Waals surface area contributed by atoms with Crippen LogP contribution in [0, 0.1) is 10.8 Å². The second kappa shape index (κ2) is 6.17. The van der Waals surface area contributed by atoms with Gasteiger partial charge in [-0.25, -0.2) is 0 Å². The van der Waals surface area contributed by atoms with Gasteiger partial charge in [0.15, 0.2) is 0 Å². The van der Waals surface area contributed by atoms with E-state index >= 15 is 0 Å². The summed E-state index contributed by atoms with van der Waals surface area (Å²) in [7, 11) is 0. The molecule has 0 radical (unpaired) electrons. The molecule has 2 aromatic carbocycles.